The Labute approximate surface area is 267 Å². The molecule has 236 valence electrons. The highest BCUT2D eigenvalue weighted by atomic mass is 16.2. The lowest BCUT2D eigenvalue weighted by Gasteiger charge is -2.39. The van der Waals surface area contributed by atoms with Crippen molar-refractivity contribution in [2.45, 2.75) is 58.0 Å². The molecule has 3 fully saturated rings. The number of likely N-dealkylation sites (tertiary alicyclic amines) is 2. The van der Waals surface area contributed by atoms with Gasteiger partial charge in [-0.05, 0) is 81.3 Å². The molecule has 3 aromatic rings. The van der Waals surface area contributed by atoms with E-state index in [1.807, 2.05) is 4.90 Å². The van der Waals surface area contributed by atoms with Crippen molar-refractivity contribution in [1.82, 2.24) is 19.7 Å². The summed E-state index contributed by atoms with van der Waals surface area (Å²) < 4.78 is 0. The van der Waals surface area contributed by atoms with E-state index in [1.54, 1.807) is 0 Å². The van der Waals surface area contributed by atoms with E-state index in [9.17, 15) is 9.59 Å². The number of aryl methyl sites for hydroxylation is 1. The average Bonchev–Trinajstić information content (AvgIpc) is 3.55. The number of hydrogen-bond acceptors (Lipinski definition) is 6. The molecule has 0 aliphatic carbocycles. The fourth-order valence-electron chi connectivity index (χ4n) is 8.06. The van der Waals surface area contributed by atoms with Gasteiger partial charge in [0.25, 0.3) is 5.91 Å². The number of pyridine rings is 1. The number of piperazine rings is 1. The number of piperidine rings is 1. The molecule has 4 aliphatic rings. The normalized spacial score (nSPS) is 20.9. The van der Waals surface area contributed by atoms with Gasteiger partial charge in [-0.3, -0.25) is 9.59 Å². The molecule has 0 saturated carbocycles. The highest BCUT2D eigenvalue weighted by Crippen LogP contribution is 2.36. The first-order chi connectivity index (χ1) is 22.0. The molecule has 3 saturated heterocycles. The summed E-state index contributed by atoms with van der Waals surface area (Å²) >= 11 is 0. The predicted molar refractivity (Wildman–Crippen MR) is 181 cm³/mol. The molecule has 5 heterocycles. The van der Waals surface area contributed by atoms with Crippen LogP contribution >= 0.6 is 0 Å². The highest BCUT2D eigenvalue weighted by Gasteiger charge is 2.34. The smallest absolute Gasteiger partial charge is 0.272 e. The number of hydrogen-bond donors (Lipinski definition) is 0. The van der Waals surface area contributed by atoms with Gasteiger partial charge in [0.1, 0.15) is 5.69 Å². The number of fused-ring (bicyclic) bond motifs is 2. The number of amides is 2. The Bertz CT molecular complexity index is 1580. The van der Waals surface area contributed by atoms with Crippen LogP contribution in [0.4, 0.5) is 11.4 Å². The first-order valence-electron chi connectivity index (χ1n) is 17.0. The molecule has 1 atom stereocenters. The van der Waals surface area contributed by atoms with Crippen LogP contribution in [0.2, 0.25) is 0 Å². The summed E-state index contributed by atoms with van der Waals surface area (Å²) in [5, 5.41) is 2.54. The van der Waals surface area contributed by atoms with E-state index in [4.69, 9.17) is 4.98 Å². The SMILES string of the molecule is C=CC(=O)N1CCN(c2cc(C(=O)N3CCCC3CN3CCCCC3)nc3c2CCN(c2cccc4cccc(C)c24)C3)CC1. The van der Waals surface area contributed by atoms with Gasteiger partial charge >= 0.3 is 0 Å². The second kappa shape index (κ2) is 12.8. The van der Waals surface area contributed by atoms with Crippen molar-refractivity contribution in [2.75, 3.05) is 68.7 Å². The number of carbonyl (C=O) groups is 2. The summed E-state index contributed by atoms with van der Waals surface area (Å²) in [5.74, 6) is 0.0502. The van der Waals surface area contributed by atoms with E-state index in [0.717, 1.165) is 76.5 Å². The van der Waals surface area contributed by atoms with Crippen molar-refractivity contribution in [1.29, 1.82) is 0 Å². The number of benzene rings is 2. The maximum absolute atomic E-state index is 14.3. The summed E-state index contributed by atoms with van der Waals surface area (Å²) in [6.45, 7) is 14.2. The fourth-order valence-corrected chi connectivity index (χ4v) is 8.06. The average molecular weight is 607 g/mol. The molecular weight excluding hydrogens is 560 g/mol. The molecule has 0 radical (unpaired) electrons. The van der Waals surface area contributed by atoms with Gasteiger partial charge in [0.15, 0.2) is 0 Å². The number of aromatic nitrogens is 1. The van der Waals surface area contributed by atoms with Gasteiger partial charge in [-0.25, -0.2) is 4.98 Å². The standard InChI is InChI=1S/C37H46N6O2/c1-3-35(44)41-22-20-40(21-23-41)34-24-31(37(45)43-18-9-13-29(43)25-39-16-5-4-6-17-39)38-32-26-42(19-15-30(32)34)33-14-8-12-28-11-7-10-27(2)36(28)33/h3,7-8,10-12,14,24,29H,1,4-6,9,13,15-23,25-26H2,2H3. The molecule has 8 nitrogen and oxygen atoms in total. The Morgan fingerprint density at radius 1 is 0.889 bits per heavy atom. The molecule has 1 aromatic heterocycles. The van der Waals surface area contributed by atoms with Gasteiger partial charge in [0.05, 0.1) is 12.2 Å². The number of anilines is 2. The minimum atomic E-state index is -0.0166. The largest absolute Gasteiger partial charge is 0.368 e. The lowest BCUT2D eigenvalue weighted by Crippen LogP contribution is -2.49. The zero-order valence-corrected chi connectivity index (χ0v) is 26.7. The Balaban J connectivity index is 1.21. The van der Waals surface area contributed by atoms with E-state index < -0.39 is 0 Å². The third kappa shape index (κ3) is 5.92. The van der Waals surface area contributed by atoms with Crippen LogP contribution in [-0.4, -0.2) is 96.4 Å². The third-order valence-electron chi connectivity index (χ3n) is 10.5. The molecule has 0 N–H and O–H groups in total. The monoisotopic (exact) mass is 606 g/mol. The minimum Gasteiger partial charge on any atom is -0.368 e. The van der Waals surface area contributed by atoms with Crippen molar-refractivity contribution in [3.05, 3.63) is 77.6 Å². The van der Waals surface area contributed by atoms with Crippen LogP contribution in [0.25, 0.3) is 10.8 Å². The van der Waals surface area contributed by atoms with Crippen molar-refractivity contribution >= 4 is 34.0 Å². The Hall–Kier alpha value is -3.91. The third-order valence-corrected chi connectivity index (χ3v) is 10.5. The van der Waals surface area contributed by atoms with Crippen molar-refractivity contribution in [3.63, 3.8) is 0 Å². The molecule has 1 unspecified atom stereocenters. The van der Waals surface area contributed by atoms with E-state index >= 15 is 0 Å². The molecule has 0 bridgehead atoms. The summed E-state index contributed by atoms with van der Waals surface area (Å²) in [6.07, 6.45) is 8.21. The summed E-state index contributed by atoms with van der Waals surface area (Å²) in [7, 11) is 0. The van der Waals surface area contributed by atoms with Crippen LogP contribution < -0.4 is 9.80 Å². The van der Waals surface area contributed by atoms with Crippen molar-refractivity contribution in [3.8, 4) is 0 Å². The van der Waals surface area contributed by atoms with Crippen molar-refractivity contribution in [2.24, 2.45) is 0 Å². The first-order valence-corrected chi connectivity index (χ1v) is 17.0. The lowest BCUT2D eigenvalue weighted by atomic mass is 9.97. The lowest BCUT2D eigenvalue weighted by molar-refractivity contribution is -0.126. The van der Waals surface area contributed by atoms with E-state index in [1.165, 1.54) is 52.9 Å². The number of carbonyl (C=O) groups excluding carboxylic acids is 2. The fraction of sp³-hybridized carbons (Fsp3) is 0.486. The van der Waals surface area contributed by atoms with Crippen molar-refractivity contribution < 1.29 is 9.59 Å². The van der Waals surface area contributed by atoms with Gasteiger partial charge < -0.3 is 24.5 Å². The van der Waals surface area contributed by atoms with E-state index in [0.29, 0.717) is 25.3 Å². The topological polar surface area (TPSA) is 63.2 Å². The molecule has 4 aliphatic heterocycles. The van der Waals surface area contributed by atoms with Crippen LogP contribution in [0.15, 0.2) is 55.1 Å². The predicted octanol–water partition coefficient (Wildman–Crippen LogP) is 5.03. The Morgan fingerprint density at radius 3 is 2.44 bits per heavy atom. The maximum atomic E-state index is 14.3. The summed E-state index contributed by atoms with van der Waals surface area (Å²) in [4.78, 5) is 43.2. The van der Waals surface area contributed by atoms with Crippen LogP contribution in [0.3, 0.4) is 0 Å². The van der Waals surface area contributed by atoms with E-state index in [-0.39, 0.29) is 17.9 Å². The van der Waals surface area contributed by atoms with Crippen LogP contribution in [0.1, 0.15) is 59.4 Å². The molecule has 8 heteroatoms. The second-order valence-electron chi connectivity index (χ2n) is 13.2. The van der Waals surface area contributed by atoms with Gasteiger partial charge in [-0.2, -0.15) is 0 Å². The quantitative estimate of drug-likeness (QED) is 0.367. The summed E-state index contributed by atoms with van der Waals surface area (Å²) in [6, 6.07) is 15.4. The molecule has 2 aromatic carbocycles. The molecule has 7 rings (SSSR count). The zero-order chi connectivity index (χ0) is 30.9. The zero-order valence-electron chi connectivity index (χ0n) is 26.7. The molecule has 0 spiro atoms. The van der Waals surface area contributed by atoms with E-state index in [2.05, 4.69) is 75.6 Å². The molecule has 45 heavy (non-hydrogen) atoms. The maximum Gasteiger partial charge on any atom is 0.272 e. The van der Waals surface area contributed by atoms with Gasteiger partial charge in [0, 0.05) is 74.2 Å². The molecule has 2 amide bonds. The van der Waals surface area contributed by atoms with Gasteiger partial charge in [0.2, 0.25) is 5.91 Å². The van der Waals surface area contributed by atoms with Crippen LogP contribution in [-0.2, 0) is 17.8 Å². The second-order valence-corrected chi connectivity index (χ2v) is 13.2. The van der Waals surface area contributed by atoms with Gasteiger partial charge in [-0.15, -0.1) is 0 Å². The number of nitrogens with zero attached hydrogens (tertiary/aromatic N) is 6. The number of rotatable bonds is 6. The highest BCUT2D eigenvalue weighted by molar-refractivity contribution is 5.97. The van der Waals surface area contributed by atoms with Crippen LogP contribution in [0, 0.1) is 6.92 Å². The van der Waals surface area contributed by atoms with Gasteiger partial charge in [-0.1, -0.05) is 43.3 Å². The minimum absolute atomic E-state index is 0.0166. The summed E-state index contributed by atoms with van der Waals surface area (Å²) in [5.41, 5.74) is 6.43. The molecular formula is C37H46N6O2. The first kappa shape index (κ1) is 29.8. The Morgan fingerprint density at radius 2 is 1.67 bits per heavy atom. The Kier molecular flexibility index (Phi) is 8.49. The van der Waals surface area contributed by atoms with Crippen LogP contribution in [0.5, 0.6) is 0 Å².